The highest BCUT2D eigenvalue weighted by atomic mass is 79.9. The minimum Gasteiger partial charge on any atom is -0.492 e. The maximum absolute atomic E-state index is 5.57. The molecule has 0 amide bonds. The standard InChI is InChI=1S/C11H17BrN2O/c1-14(7-6-13)8-9-15-11-4-2-10(12)3-5-11/h2-5H,6-9,13H2,1H3. The molecule has 0 aliphatic rings. The zero-order valence-electron chi connectivity index (χ0n) is 8.95. The van der Waals surface area contributed by atoms with E-state index in [1.807, 2.05) is 31.3 Å². The molecular weight excluding hydrogens is 256 g/mol. The zero-order valence-corrected chi connectivity index (χ0v) is 10.5. The van der Waals surface area contributed by atoms with Gasteiger partial charge in [-0.15, -0.1) is 0 Å². The Morgan fingerprint density at radius 3 is 2.53 bits per heavy atom. The molecule has 0 aliphatic heterocycles. The molecule has 0 bridgehead atoms. The van der Waals surface area contributed by atoms with Gasteiger partial charge < -0.3 is 15.4 Å². The van der Waals surface area contributed by atoms with Crippen molar-refractivity contribution in [2.75, 3.05) is 33.3 Å². The van der Waals surface area contributed by atoms with Crippen molar-refractivity contribution in [1.82, 2.24) is 4.90 Å². The van der Waals surface area contributed by atoms with Crippen LogP contribution in [0.15, 0.2) is 28.7 Å². The predicted molar refractivity (Wildman–Crippen MR) is 66.2 cm³/mol. The summed E-state index contributed by atoms with van der Waals surface area (Å²) in [4.78, 5) is 2.15. The van der Waals surface area contributed by atoms with E-state index in [9.17, 15) is 0 Å². The molecule has 4 heteroatoms. The second kappa shape index (κ2) is 6.82. The van der Waals surface area contributed by atoms with Crippen LogP contribution in [0.3, 0.4) is 0 Å². The van der Waals surface area contributed by atoms with Crippen LogP contribution in [0.1, 0.15) is 0 Å². The van der Waals surface area contributed by atoms with Crippen LogP contribution in [-0.2, 0) is 0 Å². The van der Waals surface area contributed by atoms with Gasteiger partial charge in [-0.3, -0.25) is 0 Å². The summed E-state index contributed by atoms with van der Waals surface area (Å²) in [5, 5.41) is 0. The van der Waals surface area contributed by atoms with Crippen LogP contribution < -0.4 is 10.5 Å². The number of nitrogens with two attached hydrogens (primary N) is 1. The first-order valence-corrected chi connectivity index (χ1v) is 5.78. The largest absolute Gasteiger partial charge is 0.492 e. The van der Waals surface area contributed by atoms with Crippen LogP contribution in [0, 0.1) is 0 Å². The minimum atomic E-state index is 0.689. The highest BCUT2D eigenvalue weighted by molar-refractivity contribution is 9.10. The lowest BCUT2D eigenvalue weighted by Gasteiger charge is -2.15. The van der Waals surface area contributed by atoms with Crippen molar-refractivity contribution in [2.45, 2.75) is 0 Å². The van der Waals surface area contributed by atoms with Gasteiger partial charge in [0.2, 0.25) is 0 Å². The molecule has 0 saturated heterocycles. The monoisotopic (exact) mass is 272 g/mol. The molecule has 15 heavy (non-hydrogen) atoms. The summed E-state index contributed by atoms with van der Waals surface area (Å²) in [5.74, 6) is 0.902. The third kappa shape index (κ3) is 5.16. The molecule has 0 saturated carbocycles. The number of nitrogens with zero attached hydrogens (tertiary/aromatic N) is 1. The van der Waals surface area contributed by atoms with Gasteiger partial charge in [-0.1, -0.05) is 15.9 Å². The molecule has 1 rings (SSSR count). The molecule has 0 aliphatic carbocycles. The lowest BCUT2D eigenvalue weighted by atomic mass is 10.3. The van der Waals surface area contributed by atoms with Crippen molar-refractivity contribution in [1.29, 1.82) is 0 Å². The van der Waals surface area contributed by atoms with Crippen LogP contribution in [-0.4, -0.2) is 38.2 Å². The van der Waals surface area contributed by atoms with Gasteiger partial charge in [0.25, 0.3) is 0 Å². The van der Waals surface area contributed by atoms with E-state index >= 15 is 0 Å². The summed E-state index contributed by atoms with van der Waals surface area (Å²) in [6.45, 7) is 3.18. The quantitative estimate of drug-likeness (QED) is 0.857. The molecule has 84 valence electrons. The fraction of sp³-hybridized carbons (Fsp3) is 0.455. The molecule has 1 aromatic rings. The lowest BCUT2D eigenvalue weighted by Crippen LogP contribution is -2.29. The highest BCUT2D eigenvalue weighted by Gasteiger charge is 1.97. The number of hydrogen-bond acceptors (Lipinski definition) is 3. The summed E-state index contributed by atoms with van der Waals surface area (Å²) in [7, 11) is 2.04. The molecule has 1 aromatic carbocycles. The SMILES string of the molecule is CN(CCN)CCOc1ccc(Br)cc1. The number of hydrogen-bond donors (Lipinski definition) is 1. The van der Waals surface area contributed by atoms with Crippen molar-refractivity contribution < 1.29 is 4.74 Å². The Hall–Kier alpha value is -0.580. The normalized spacial score (nSPS) is 10.7. The van der Waals surface area contributed by atoms with E-state index < -0.39 is 0 Å². The van der Waals surface area contributed by atoms with Gasteiger partial charge in [-0.25, -0.2) is 0 Å². The molecule has 3 nitrogen and oxygen atoms in total. The number of benzene rings is 1. The first-order chi connectivity index (χ1) is 7.22. The van der Waals surface area contributed by atoms with E-state index in [0.717, 1.165) is 23.3 Å². The van der Waals surface area contributed by atoms with E-state index in [4.69, 9.17) is 10.5 Å². The van der Waals surface area contributed by atoms with Crippen LogP contribution in [0.4, 0.5) is 0 Å². The molecular formula is C11H17BrN2O. The Labute approximate surface area is 99.3 Å². The minimum absolute atomic E-state index is 0.689. The second-order valence-corrected chi connectivity index (χ2v) is 4.31. The van der Waals surface area contributed by atoms with Gasteiger partial charge >= 0.3 is 0 Å². The van der Waals surface area contributed by atoms with Crippen molar-refractivity contribution >= 4 is 15.9 Å². The second-order valence-electron chi connectivity index (χ2n) is 3.39. The molecule has 0 fully saturated rings. The third-order valence-corrected chi connectivity index (χ3v) is 2.59. The van der Waals surface area contributed by atoms with Gasteiger partial charge in [0.1, 0.15) is 12.4 Å². The first-order valence-electron chi connectivity index (χ1n) is 4.99. The van der Waals surface area contributed by atoms with E-state index in [-0.39, 0.29) is 0 Å². The maximum Gasteiger partial charge on any atom is 0.119 e. The lowest BCUT2D eigenvalue weighted by molar-refractivity contribution is 0.241. The third-order valence-electron chi connectivity index (χ3n) is 2.07. The zero-order chi connectivity index (χ0) is 11.1. The van der Waals surface area contributed by atoms with Crippen molar-refractivity contribution in [2.24, 2.45) is 5.73 Å². The van der Waals surface area contributed by atoms with Gasteiger partial charge in [-0.05, 0) is 31.3 Å². The van der Waals surface area contributed by atoms with Crippen LogP contribution in [0.2, 0.25) is 0 Å². The number of likely N-dealkylation sites (N-methyl/N-ethyl adjacent to an activating group) is 1. The Bertz CT molecular complexity index is 276. The Morgan fingerprint density at radius 1 is 1.27 bits per heavy atom. The van der Waals surface area contributed by atoms with Gasteiger partial charge in [0, 0.05) is 24.1 Å². The Morgan fingerprint density at radius 2 is 1.93 bits per heavy atom. The fourth-order valence-electron chi connectivity index (χ4n) is 1.18. The van der Waals surface area contributed by atoms with Gasteiger partial charge in [0.15, 0.2) is 0 Å². The average Bonchev–Trinajstić information content (AvgIpc) is 2.21. The highest BCUT2D eigenvalue weighted by Crippen LogP contribution is 2.15. The van der Waals surface area contributed by atoms with Crippen molar-refractivity contribution in [3.05, 3.63) is 28.7 Å². The summed E-state index contributed by atoms with van der Waals surface area (Å²) < 4.78 is 6.64. The van der Waals surface area contributed by atoms with Crippen LogP contribution >= 0.6 is 15.9 Å². The van der Waals surface area contributed by atoms with E-state index in [2.05, 4.69) is 20.8 Å². The van der Waals surface area contributed by atoms with Crippen LogP contribution in [0.25, 0.3) is 0 Å². The summed E-state index contributed by atoms with van der Waals surface area (Å²) in [6.07, 6.45) is 0. The van der Waals surface area contributed by atoms with E-state index in [0.29, 0.717) is 13.2 Å². The van der Waals surface area contributed by atoms with Crippen LogP contribution in [0.5, 0.6) is 5.75 Å². The molecule has 0 heterocycles. The molecule has 0 spiro atoms. The molecule has 0 radical (unpaired) electrons. The average molecular weight is 273 g/mol. The summed E-state index contributed by atoms with van der Waals surface area (Å²) in [5.41, 5.74) is 5.44. The smallest absolute Gasteiger partial charge is 0.119 e. The Kier molecular flexibility index (Phi) is 5.68. The molecule has 2 N–H and O–H groups in total. The topological polar surface area (TPSA) is 38.5 Å². The number of halogens is 1. The molecule has 0 atom stereocenters. The van der Waals surface area contributed by atoms with Crippen molar-refractivity contribution in [3.8, 4) is 5.75 Å². The number of ether oxygens (including phenoxy) is 1. The molecule has 0 aromatic heterocycles. The van der Waals surface area contributed by atoms with Gasteiger partial charge in [0.05, 0.1) is 0 Å². The first kappa shape index (κ1) is 12.5. The Balaban J connectivity index is 2.22. The van der Waals surface area contributed by atoms with Crippen molar-refractivity contribution in [3.63, 3.8) is 0 Å². The van der Waals surface area contributed by atoms with Gasteiger partial charge in [-0.2, -0.15) is 0 Å². The summed E-state index contributed by atoms with van der Waals surface area (Å²) in [6, 6.07) is 7.85. The van der Waals surface area contributed by atoms with E-state index in [1.54, 1.807) is 0 Å². The number of rotatable bonds is 6. The maximum atomic E-state index is 5.57. The predicted octanol–water partition coefficient (Wildman–Crippen LogP) is 1.72. The van der Waals surface area contributed by atoms with E-state index in [1.165, 1.54) is 0 Å². The summed E-state index contributed by atoms with van der Waals surface area (Å²) >= 11 is 3.38. The molecule has 0 unspecified atom stereocenters. The fourth-order valence-corrected chi connectivity index (χ4v) is 1.45.